The number of pyridine rings is 2. The van der Waals surface area contributed by atoms with E-state index in [4.69, 9.17) is 0 Å². The van der Waals surface area contributed by atoms with Crippen LogP contribution in [0.25, 0.3) is 0 Å². The molecule has 4 saturated carbocycles. The van der Waals surface area contributed by atoms with E-state index in [1.54, 1.807) is 50.6 Å². The minimum absolute atomic E-state index is 0.157. The first-order valence-electron chi connectivity index (χ1n) is 11.5. The van der Waals surface area contributed by atoms with E-state index < -0.39 is 0 Å². The minimum Gasteiger partial charge on any atom is -0.345 e. The molecule has 0 spiro atoms. The van der Waals surface area contributed by atoms with Gasteiger partial charge in [-0.1, -0.05) is 12.1 Å². The first-order chi connectivity index (χ1) is 15.8. The number of nitrogens with zero attached hydrogens (tertiary/aromatic N) is 3. The third-order valence-electron chi connectivity index (χ3n) is 7.32. The van der Waals surface area contributed by atoms with Crippen molar-refractivity contribution < 1.29 is 14.4 Å². The first-order valence-corrected chi connectivity index (χ1v) is 11.5. The summed E-state index contributed by atoms with van der Waals surface area (Å²) in [4.78, 5) is 48.4. The van der Waals surface area contributed by atoms with E-state index >= 15 is 0 Å². The smallest absolute Gasteiger partial charge is 0.271 e. The lowest BCUT2D eigenvalue weighted by molar-refractivity contribution is -0.0449. The van der Waals surface area contributed by atoms with Gasteiger partial charge in [0.05, 0.1) is 0 Å². The summed E-state index contributed by atoms with van der Waals surface area (Å²) in [6, 6.07) is 10.3. The van der Waals surface area contributed by atoms with Crippen molar-refractivity contribution in [2.75, 3.05) is 14.1 Å². The highest BCUT2D eigenvalue weighted by molar-refractivity contribution is 5.96. The van der Waals surface area contributed by atoms with Gasteiger partial charge in [-0.2, -0.15) is 0 Å². The van der Waals surface area contributed by atoms with Crippen molar-refractivity contribution in [3.05, 3.63) is 59.7 Å². The van der Waals surface area contributed by atoms with Crippen molar-refractivity contribution in [1.29, 1.82) is 0 Å². The van der Waals surface area contributed by atoms with Crippen LogP contribution in [0, 0.1) is 11.8 Å². The molecule has 8 nitrogen and oxygen atoms in total. The first kappa shape index (κ1) is 21.6. The molecule has 6 rings (SSSR count). The van der Waals surface area contributed by atoms with Crippen LogP contribution in [0.15, 0.2) is 42.6 Å². The third kappa shape index (κ3) is 4.10. The fourth-order valence-electron chi connectivity index (χ4n) is 6.57. The van der Waals surface area contributed by atoms with Crippen molar-refractivity contribution in [2.45, 2.75) is 49.6 Å². The van der Waals surface area contributed by atoms with Crippen LogP contribution in [0.3, 0.4) is 0 Å². The molecule has 3 amide bonds. The molecule has 2 heterocycles. The predicted octanol–water partition coefficient (Wildman–Crippen LogP) is 2.43. The number of aromatic nitrogens is 2. The van der Waals surface area contributed by atoms with Crippen LogP contribution in [-0.4, -0.2) is 57.8 Å². The molecule has 2 aromatic heterocycles. The number of hydrogen-bond donors (Lipinski definition) is 2. The maximum Gasteiger partial charge on any atom is 0.271 e. The molecule has 4 bridgehead atoms. The van der Waals surface area contributed by atoms with Crippen LogP contribution >= 0.6 is 0 Å². The van der Waals surface area contributed by atoms with E-state index in [1.807, 2.05) is 6.07 Å². The number of carbonyl (C=O) groups excluding carboxylic acids is 3. The largest absolute Gasteiger partial charge is 0.345 e. The Hall–Kier alpha value is -3.29. The van der Waals surface area contributed by atoms with E-state index in [2.05, 4.69) is 20.6 Å². The molecule has 0 aromatic carbocycles. The summed E-state index contributed by atoms with van der Waals surface area (Å²) < 4.78 is 0. The Morgan fingerprint density at radius 3 is 2.00 bits per heavy atom. The van der Waals surface area contributed by atoms with Gasteiger partial charge >= 0.3 is 0 Å². The highest BCUT2D eigenvalue weighted by Crippen LogP contribution is 2.57. The van der Waals surface area contributed by atoms with E-state index in [-0.39, 0.29) is 40.2 Å². The summed E-state index contributed by atoms with van der Waals surface area (Å²) in [5.41, 5.74) is 0.199. The van der Waals surface area contributed by atoms with Crippen molar-refractivity contribution in [3.8, 4) is 0 Å². The highest BCUT2D eigenvalue weighted by atomic mass is 16.2. The molecule has 2 aromatic rings. The Morgan fingerprint density at radius 1 is 0.848 bits per heavy atom. The number of hydrogen-bond acceptors (Lipinski definition) is 5. The third-order valence-corrected chi connectivity index (χ3v) is 7.32. The summed E-state index contributed by atoms with van der Waals surface area (Å²) >= 11 is 0. The van der Waals surface area contributed by atoms with Crippen molar-refractivity contribution in [3.63, 3.8) is 0 Å². The average Bonchev–Trinajstić information content (AvgIpc) is 2.77. The molecule has 0 saturated heterocycles. The molecule has 4 aliphatic carbocycles. The van der Waals surface area contributed by atoms with Gasteiger partial charge in [0.15, 0.2) is 0 Å². The molecule has 2 atom stereocenters. The second kappa shape index (κ2) is 7.93. The molecule has 2 N–H and O–H groups in total. The lowest BCUT2D eigenvalue weighted by Crippen LogP contribution is -2.70. The quantitative estimate of drug-likeness (QED) is 0.733. The Balaban J connectivity index is 1.36. The average molecular weight is 448 g/mol. The van der Waals surface area contributed by atoms with Crippen LogP contribution < -0.4 is 10.6 Å². The predicted molar refractivity (Wildman–Crippen MR) is 122 cm³/mol. The molecular weight excluding hydrogens is 418 g/mol. The van der Waals surface area contributed by atoms with E-state index in [9.17, 15) is 14.4 Å². The maximum atomic E-state index is 13.2. The van der Waals surface area contributed by atoms with Gasteiger partial charge in [0.1, 0.15) is 17.1 Å². The number of rotatable bonds is 5. The highest BCUT2D eigenvalue weighted by Gasteiger charge is 2.58. The topological polar surface area (TPSA) is 104 Å². The van der Waals surface area contributed by atoms with Gasteiger partial charge in [-0.3, -0.25) is 19.4 Å². The second-order valence-corrected chi connectivity index (χ2v) is 10.3. The molecule has 4 aliphatic rings. The molecule has 172 valence electrons. The van der Waals surface area contributed by atoms with Crippen molar-refractivity contribution in [2.24, 2.45) is 11.8 Å². The van der Waals surface area contributed by atoms with E-state index in [0.29, 0.717) is 24.0 Å². The van der Waals surface area contributed by atoms with Crippen LogP contribution in [0.5, 0.6) is 0 Å². The summed E-state index contributed by atoms with van der Waals surface area (Å²) in [5.74, 6) is 0.262. The van der Waals surface area contributed by atoms with Crippen LogP contribution in [0.2, 0.25) is 0 Å². The zero-order chi connectivity index (χ0) is 23.2. The fourth-order valence-corrected chi connectivity index (χ4v) is 6.57. The molecule has 0 aliphatic heterocycles. The van der Waals surface area contributed by atoms with Crippen LogP contribution in [0.1, 0.15) is 70.0 Å². The maximum absolute atomic E-state index is 13.2. The molecule has 33 heavy (non-hydrogen) atoms. The Morgan fingerprint density at radius 2 is 1.42 bits per heavy atom. The molecular formula is C25H29N5O3. The zero-order valence-electron chi connectivity index (χ0n) is 19.0. The van der Waals surface area contributed by atoms with Crippen molar-refractivity contribution >= 4 is 17.7 Å². The monoisotopic (exact) mass is 447 g/mol. The number of carbonyl (C=O) groups is 3. The summed E-state index contributed by atoms with van der Waals surface area (Å²) in [7, 11) is 3.32. The van der Waals surface area contributed by atoms with Gasteiger partial charge in [-0.25, -0.2) is 4.98 Å². The SMILES string of the molecule is CN(C)C(=O)c1cccc(C(=O)NC23CC4CC(CC(NC(=O)c5ccccn5)(C4)C2)C3)n1. The van der Waals surface area contributed by atoms with Gasteiger partial charge in [0.2, 0.25) is 0 Å². The lowest BCUT2D eigenvalue weighted by Gasteiger charge is -2.62. The summed E-state index contributed by atoms with van der Waals surface area (Å²) in [6.45, 7) is 0. The molecule has 0 radical (unpaired) electrons. The standard InChI is InChI=1S/C25H29N5O3/c1-30(2)23(33)20-8-5-7-19(27-20)22(32)29-25-13-16-10-17(14-25)12-24(11-16,15-25)28-21(31)18-6-3-4-9-26-18/h3-9,16-17H,10-15H2,1-2H3,(H,28,31)(H,29,32). The van der Waals surface area contributed by atoms with Crippen LogP contribution in [0.4, 0.5) is 0 Å². The molecule has 2 unspecified atom stereocenters. The lowest BCUT2D eigenvalue weighted by atomic mass is 9.49. The Kier molecular flexibility index (Phi) is 5.18. The minimum atomic E-state index is -0.373. The van der Waals surface area contributed by atoms with Gasteiger partial charge < -0.3 is 15.5 Å². The molecule has 4 fully saturated rings. The van der Waals surface area contributed by atoms with E-state index in [0.717, 1.165) is 32.1 Å². The number of nitrogens with one attached hydrogen (secondary N) is 2. The summed E-state index contributed by atoms with van der Waals surface area (Å²) in [5, 5.41) is 6.58. The van der Waals surface area contributed by atoms with E-state index in [1.165, 1.54) is 4.90 Å². The van der Waals surface area contributed by atoms with Gasteiger partial charge in [-0.15, -0.1) is 0 Å². The van der Waals surface area contributed by atoms with Crippen molar-refractivity contribution in [1.82, 2.24) is 25.5 Å². The fraction of sp³-hybridized carbons (Fsp3) is 0.480. The van der Waals surface area contributed by atoms with Crippen LogP contribution in [-0.2, 0) is 0 Å². The summed E-state index contributed by atoms with van der Waals surface area (Å²) in [6.07, 6.45) is 7.16. The second-order valence-electron chi connectivity index (χ2n) is 10.3. The van der Waals surface area contributed by atoms with Gasteiger partial charge in [0, 0.05) is 31.4 Å². The Labute approximate surface area is 193 Å². The number of amides is 3. The zero-order valence-corrected chi connectivity index (χ0v) is 19.0. The Bertz CT molecular complexity index is 1090. The molecule has 8 heteroatoms. The normalized spacial score (nSPS) is 29.4. The van der Waals surface area contributed by atoms with Gasteiger partial charge in [-0.05, 0) is 74.6 Å². The van der Waals surface area contributed by atoms with Gasteiger partial charge in [0.25, 0.3) is 17.7 Å².